The summed E-state index contributed by atoms with van der Waals surface area (Å²) < 4.78 is 5.44. The van der Waals surface area contributed by atoms with Crippen molar-refractivity contribution in [2.75, 3.05) is 18.0 Å². The zero-order valence-electron chi connectivity index (χ0n) is 15.9. The van der Waals surface area contributed by atoms with Gasteiger partial charge in [0.15, 0.2) is 12.2 Å². The van der Waals surface area contributed by atoms with Crippen LogP contribution in [0.3, 0.4) is 0 Å². The van der Waals surface area contributed by atoms with E-state index in [0.717, 1.165) is 47.6 Å². The number of nitrogens with zero attached hydrogens (tertiary/aromatic N) is 4. The largest absolute Gasteiger partial charge is 0.444 e. The molecule has 0 fully saturated rings. The average molecular weight is 353 g/mol. The Morgan fingerprint density at radius 3 is 2.54 bits per heavy atom. The smallest absolute Gasteiger partial charge is 0.181 e. The number of anilines is 1. The molecule has 26 heavy (non-hydrogen) atoms. The molecule has 0 aliphatic rings. The van der Waals surface area contributed by atoms with Gasteiger partial charge in [-0.3, -0.25) is 0 Å². The molecule has 0 spiro atoms. The molecule has 0 saturated heterocycles. The van der Waals surface area contributed by atoms with Gasteiger partial charge in [0.25, 0.3) is 0 Å². The lowest BCUT2D eigenvalue weighted by Gasteiger charge is -2.23. The van der Waals surface area contributed by atoms with E-state index in [0.29, 0.717) is 11.7 Å². The van der Waals surface area contributed by atoms with Gasteiger partial charge in [0.05, 0.1) is 17.8 Å². The van der Waals surface area contributed by atoms with E-state index in [-0.39, 0.29) is 6.04 Å². The van der Waals surface area contributed by atoms with E-state index in [1.807, 2.05) is 12.1 Å². The van der Waals surface area contributed by atoms with E-state index in [2.05, 4.69) is 43.6 Å². The van der Waals surface area contributed by atoms with Gasteiger partial charge in [-0.1, -0.05) is 13.8 Å². The summed E-state index contributed by atoms with van der Waals surface area (Å²) >= 11 is 0. The van der Waals surface area contributed by atoms with Crippen LogP contribution in [0.15, 0.2) is 35.2 Å². The number of hydrogen-bond acceptors (Lipinski definition) is 6. The number of benzene rings is 1. The number of aromatic nitrogens is 3. The molecule has 2 N–H and O–H groups in total. The third kappa shape index (κ3) is 3.70. The highest BCUT2D eigenvalue weighted by Gasteiger charge is 2.18. The lowest BCUT2D eigenvalue weighted by Crippen LogP contribution is -2.25. The second-order valence-electron chi connectivity index (χ2n) is 6.91. The van der Waals surface area contributed by atoms with E-state index in [1.165, 1.54) is 6.39 Å². The van der Waals surface area contributed by atoms with E-state index in [4.69, 9.17) is 20.1 Å². The standard InChI is InChI=1S/C20H27N5O/c1-5-25(6-2)20-15-10-14(18-11-22-12-26-18)7-8-17(15)23-19(24-20)16(21)9-13(3)4/h7-8,10-13,16H,5-6,9,21H2,1-4H3. The maximum absolute atomic E-state index is 6.38. The number of fused-ring (bicyclic) bond motifs is 1. The fraction of sp³-hybridized carbons (Fsp3) is 0.450. The zero-order chi connectivity index (χ0) is 18.7. The van der Waals surface area contributed by atoms with E-state index in [9.17, 15) is 0 Å². The third-order valence-electron chi connectivity index (χ3n) is 4.53. The Bertz CT molecular complexity index is 856. The van der Waals surface area contributed by atoms with Crippen LogP contribution in [0.5, 0.6) is 0 Å². The van der Waals surface area contributed by atoms with Crippen LogP contribution in [0.4, 0.5) is 5.82 Å². The van der Waals surface area contributed by atoms with Gasteiger partial charge in [0.1, 0.15) is 11.6 Å². The highest BCUT2D eigenvalue weighted by molar-refractivity contribution is 5.92. The molecule has 0 saturated carbocycles. The van der Waals surface area contributed by atoms with Gasteiger partial charge in [-0.15, -0.1) is 0 Å². The molecule has 3 aromatic rings. The summed E-state index contributed by atoms with van der Waals surface area (Å²) in [4.78, 5) is 15.9. The highest BCUT2D eigenvalue weighted by atomic mass is 16.3. The van der Waals surface area contributed by atoms with E-state index in [1.54, 1.807) is 6.20 Å². The molecular formula is C20H27N5O. The summed E-state index contributed by atoms with van der Waals surface area (Å²) in [6, 6.07) is 5.91. The summed E-state index contributed by atoms with van der Waals surface area (Å²) in [6.45, 7) is 10.3. The molecule has 2 aromatic heterocycles. The third-order valence-corrected chi connectivity index (χ3v) is 4.53. The van der Waals surface area contributed by atoms with Crippen LogP contribution in [0.1, 0.15) is 46.0 Å². The summed E-state index contributed by atoms with van der Waals surface area (Å²) in [5, 5.41) is 1.00. The molecule has 0 aliphatic heterocycles. The molecular weight excluding hydrogens is 326 g/mol. The van der Waals surface area contributed by atoms with Crippen LogP contribution in [-0.2, 0) is 0 Å². The van der Waals surface area contributed by atoms with Gasteiger partial charge in [-0.05, 0) is 44.4 Å². The molecule has 0 amide bonds. The van der Waals surface area contributed by atoms with Crippen molar-refractivity contribution in [1.29, 1.82) is 0 Å². The number of rotatable bonds is 7. The molecule has 0 radical (unpaired) electrons. The van der Waals surface area contributed by atoms with Gasteiger partial charge < -0.3 is 15.1 Å². The molecule has 0 bridgehead atoms. The SMILES string of the molecule is CCN(CC)c1nc(C(N)CC(C)C)nc2ccc(-c3cnco3)cc12. The first-order valence-corrected chi connectivity index (χ1v) is 9.24. The van der Waals surface area contributed by atoms with Crippen LogP contribution in [-0.4, -0.2) is 28.0 Å². The van der Waals surface area contributed by atoms with Crippen LogP contribution >= 0.6 is 0 Å². The molecule has 6 heteroatoms. The lowest BCUT2D eigenvalue weighted by molar-refractivity contribution is 0.494. The fourth-order valence-electron chi connectivity index (χ4n) is 3.18. The van der Waals surface area contributed by atoms with Crippen LogP contribution in [0, 0.1) is 5.92 Å². The molecule has 0 aliphatic carbocycles. The minimum atomic E-state index is -0.164. The summed E-state index contributed by atoms with van der Waals surface area (Å²) in [7, 11) is 0. The van der Waals surface area contributed by atoms with Crippen molar-refractivity contribution in [2.24, 2.45) is 11.7 Å². The molecule has 3 rings (SSSR count). The Kier molecular flexibility index (Phi) is 5.52. The quantitative estimate of drug-likeness (QED) is 0.686. The molecule has 1 aromatic carbocycles. The number of hydrogen-bond donors (Lipinski definition) is 1. The minimum absolute atomic E-state index is 0.164. The Morgan fingerprint density at radius 2 is 1.92 bits per heavy atom. The number of oxazole rings is 1. The Labute approximate surface area is 154 Å². The normalized spacial score (nSPS) is 12.7. The topological polar surface area (TPSA) is 81.1 Å². The maximum Gasteiger partial charge on any atom is 0.181 e. The van der Waals surface area contributed by atoms with Crippen LogP contribution < -0.4 is 10.6 Å². The van der Waals surface area contributed by atoms with Crippen LogP contribution in [0.2, 0.25) is 0 Å². The zero-order valence-corrected chi connectivity index (χ0v) is 15.9. The minimum Gasteiger partial charge on any atom is -0.444 e. The van der Waals surface area contributed by atoms with Crippen molar-refractivity contribution < 1.29 is 4.42 Å². The average Bonchev–Trinajstić information content (AvgIpc) is 3.16. The fourth-order valence-corrected chi connectivity index (χ4v) is 3.18. The second-order valence-corrected chi connectivity index (χ2v) is 6.91. The molecule has 2 heterocycles. The van der Waals surface area contributed by atoms with Gasteiger partial charge in [-0.25, -0.2) is 15.0 Å². The molecule has 138 valence electrons. The van der Waals surface area contributed by atoms with Crippen molar-refractivity contribution in [1.82, 2.24) is 15.0 Å². The highest BCUT2D eigenvalue weighted by Crippen LogP contribution is 2.30. The first-order valence-electron chi connectivity index (χ1n) is 9.24. The van der Waals surface area contributed by atoms with Crippen molar-refractivity contribution >= 4 is 16.7 Å². The first kappa shape index (κ1) is 18.3. The summed E-state index contributed by atoms with van der Waals surface area (Å²) in [5.41, 5.74) is 8.25. The predicted octanol–water partition coefficient (Wildman–Crippen LogP) is 4.18. The Hall–Kier alpha value is -2.47. The van der Waals surface area contributed by atoms with Crippen molar-refractivity contribution in [3.63, 3.8) is 0 Å². The second kappa shape index (κ2) is 7.83. The van der Waals surface area contributed by atoms with Crippen molar-refractivity contribution in [3.05, 3.63) is 36.6 Å². The molecule has 6 nitrogen and oxygen atoms in total. The van der Waals surface area contributed by atoms with Crippen molar-refractivity contribution in [2.45, 2.75) is 40.2 Å². The van der Waals surface area contributed by atoms with Gasteiger partial charge in [-0.2, -0.15) is 0 Å². The predicted molar refractivity (Wildman–Crippen MR) is 105 cm³/mol. The maximum atomic E-state index is 6.38. The lowest BCUT2D eigenvalue weighted by atomic mass is 10.0. The van der Waals surface area contributed by atoms with Crippen molar-refractivity contribution in [3.8, 4) is 11.3 Å². The summed E-state index contributed by atoms with van der Waals surface area (Å²) in [6.07, 6.45) is 4.01. The Morgan fingerprint density at radius 1 is 1.15 bits per heavy atom. The van der Waals surface area contributed by atoms with Gasteiger partial charge >= 0.3 is 0 Å². The monoisotopic (exact) mass is 353 g/mol. The van der Waals surface area contributed by atoms with E-state index < -0.39 is 0 Å². The first-order chi connectivity index (χ1) is 12.5. The molecule has 1 unspecified atom stereocenters. The van der Waals surface area contributed by atoms with Gasteiger partial charge in [0.2, 0.25) is 0 Å². The Balaban J connectivity index is 2.15. The van der Waals surface area contributed by atoms with E-state index >= 15 is 0 Å². The van der Waals surface area contributed by atoms with Gasteiger partial charge in [0, 0.05) is 24.0 Å². The summed E-state index contributed by atoms with van der Waals surface area (Å²) in [5.74, 6) is 2.86. The molecule has 1 atom stereocenters. The van der Waals surface area contributed by atoms with Crippen LogP contribution in [0.25, 0.3) is 22.2 Å². The number of nitrogens with two attached hydrogens (primary N) is 1.